The largest absolute Gasteiger partial charge is 0.478 e. The number of nitrogens with zero attached hydrogens (tertiary/aromatic N) is 3. The van der Waals surface area contributed by atoms with Crippen LogP contribution in [0.5, 0.6) is 0 Å². The van der Waals surface area contributed by atoms with Gasteiger partial charge in [0.15, 0.2) is 0 Å². The van der Waals surface area contributed by atoms with Crippen molar-refractivity contribution in [3.8, 4) is 0 Å². The predicted molar refractivity (Wildman–Crippen MR) is 80.8 cm³/mol. The molecule has 0 fully saturated rings. The number of benzene rings is 2. The summed E-state index contributed by atoms with van der Waals surface area (Å²) in [6.45, 7) is 0.605. The molecule has 0 heterocycles. The lowest BCUT2D eigenvalue weighted by Crippen LogP contribution is -2.09. The lowest BCUT2D eigenvalue weighted by atomic mass is 10.2. The smallest absolute Gasteiger partial charge is 0.335 e. The molecule has 0 saturated carbocycles. The third kappa shape index (κ3) is 4.57. The highest BCUT2D eigenvalue weighted by atomic mass is 35.5. The third-order valence-corrected chi connectivity index (χ3v) is 3.00. The maximum Gasteiger partial charge on any atom is 0.335 e. The fraction of sp³-hybridized carbons (Fsp3) is 0.133. The van der Waals surface area contributed by atoms with Crippen LogP contribution in [0.15, 0.2) is 58.9 Å². The van der Waals surface area contributed by atoms with Gasteiger partial charge in [0.05, 0.1) is 17.8 Å². The van der Waals surface area contributed by atoms with Crippen LogP contribution in [0.4, 0.5) is 5.69 Å². The number of carbonyl (C=O) groups is 1. The first-order valence-corrected chi connectivity index (χ1v) is 6.63. The third-order valence-electron chi connectivity index (χ3n) is 2.75. The summed E-state index contributed by atoms with van der Waals surface area (Å²) in [4.78, 5) is 10.7. The van der Waals surface area contributed by atoms with Gasteiger partial charge in [0, 0.05) is 12.1 Å². The van der Waals surface area contributed by atoms with Crippen molar-refractivity contribution in [2.45, 2.75) is 6.54 Å². The van der Waals surface area contributed by atoms with Gasteiger partial charge in [-0.05, 0) is 42.0 Å². The van der Waals surface area contributed by atoms with Crippen LogP contribution in [0.2, 0.25) is 5.02 Å². The van der Waals surface area contributed by atoms with Gasteiger partial charge in [-0.3, -0.25) is 5.01 Å². The van der Waals surface area contributed by atoms with Gasteiger partial charge in [0.25, 0.3) is 0 Å². The summed E-state index contributed by atoms with van der Waals surface area (Å²) >= 11 is 5.83. The average Bonchev–Trinajstić information content (AvgIpc) is 2.48. The van der Waals surface area contributed by atoms with Crippen LogP contribution in [0.25, 0.3) is 0 Å². The Hall–Kier alpha value is -2.40. The van der Waals surface area contributed by atoms with Crippen molar-refractivity contribution in [3.63, 3.8) is 0 Å². The second kappa shape index (κ2) is 6.85. The van der Waals surface area contributed by atoms with Crippen LogP contribution in [0.3, 0.4) is 0 Å². The fourth-order valence-corrected chi connectivity index (χ4v) is 1.81. The molecule has 1 N–H and O–H groups in total. The molecule has 0 aromatic heterocycles. The highest BCUT2D eigenvalue weighted by Crippen LogP contribution is 2.15. The Morgan fingerprint density at radius 2 is 1.76 bits per heavy atom. The normalized spacial score (nSPS) is 10.8. The highest BCUT2D eigenvalue weighted by Gasteiger charge is 2.01. The van der Waals surface area contributed by atoms with E-state index in [-0.39, 0.29) is 5.56 Å². The van der Waals surface area contributed by atoms with Gasteiger partial charge in [-0.2, -0.15) is 0 Å². The average molecular weight is 304 g/mol. The van der Waals surface area contributed by atoms with E-state index in [0.29, 0.717) is 17.3 Å². The quantitative estimate of drug-likeness (QED) is 0.666. The molecule has 108 valence electrons. The molecule has 0 spiro atoms. The minimum Gasteiger partial charge on any atom is -0.478 e. The van der Waals surface area contributed by atoms with E-state index in [1.54, 1.807) is 17.1 Å². The monoisotopic (exact) mass is 303 g/mol. The first kappa shape index (κ1) is 15.0. The molecule has 0 aliphatic carbocycles. The van der Waals surface area contributed by atoms with E-state index in [9.17, 15) is 4.79 Å². The summed E-state index contributed by atoms with van der Waals surface area (Å²) in [7, 11) is 1.81. The van der Waals surface area contributed by atoms with Crippen molar-refractivity contribution in [3.05, 3.63) is 64.7 Å². The summed E-state index contributed by atoms with van der Waals surface area (Å²) in [5.74, 6) is -0.960. The number of hydrogen-bond donors (Lipinski definition) is 1. The molecule has 2 rings (SSSR count). The zero-order valence-electron chi connectivity index (χ0n) is 11.4. The van der Waals surface area contributed by atoms with Crippen molar-refractivity contribution in [2.24, 2.45) is 10.3 Å². The van der Waals surface area contributed by atoms with E-state index in [1.165, 1.54) is 12.1 Å². The van der Waals surface area contributed by atoms with Gasteiger partial charge < -0.3 is 5.11 Å². The molecular weight excluding hydrogens is 290 g/mol. The number of carboxylic acids is 1. The molecule has 5 nitrogen and oxygen atoms in total. The van der Waals surface area contributed by atoms with Gasteiger partial charge >= 0.3 is 5.97 Å². The second-order valence-electron chi connectivity index (χ2n) is 4.48. The molecule has 2 aromatic rings. The van der Waals surface area contributed by atoms with Gasteiger partial charge in [-0.1, -0.05) is 29.0 Å². The number of hydrogen-bond acceptors (Lipinski definition) is 3. The fourth-order valence-electron chi connectivity index (χ4n) is 1.68. The zero-order valence-corrected chi connectivity index (χ0v) is 12.2. The van der Waals surface area contributed by atoms with E-state index in [1.807, 2.05) is 31.3 Å². The van der Waals surface area contributed by atoms with E-state index in [4.69, 9.17) is 16.7 Å². The standard InChI is InChI=1S/C15H14ClN3O2/c1-19(10-11-2-6-13(16)7-3-11)18-17-14-8-4-12(5-9-14)15(20)21/h2-9H,10H2,1H3,(H,20,21). The molecule has 0 atom stereocenters. The van der Waals surface area contributed by atoms with Gasteiger partial charge in [-0.25, -0.2) is 4.79 Å². The topological polar surface area (TPSA) is 65.3 Å². The predicted octanol–water partition coefficient (Wildman–Crippen LogP) is 4.17. The molecule has 0 saturated heterocycles. The highest BCUT2D eigenvalue weighted by molar-refractivity contribution is 6.30. The lowest BCUT2D eigenvalue weighted by Gasteiger charge is -2.11. The molecule has 0 unspecified atom stereocenters. The molecule has 0 aliphatic heterocycles. The minimum atomic E-state index is -0.960. The van der Waals surface area contributed by atoms with Gasteiger partial charge in [0.1, 0.15) is 0 Å². The molecule has 0 bridgehead atoms. The van der Waals surface area contributed by atoms with Crippen LogP contribution in [-0.2, 0) is 6.54 Å². The maximum atomic E-state index is 10.7. The zero-order chi connectivity index (χ0) is 15.2. The van der Waals surface area contributed by atoms with E-state index in [2.05, 4.69) is 10.3 Å². The summed E-state index contributed by atoms with van der Waals surface area (Å²) in [5, 5.41) is 19.3. The Balaban J connectivity index is 1.96. The Bertz CT molecular complexity index is 639. The number of halogens is 1. The Labute approximate surface area is 127 Å². The van der Waals surface area contributed by atoms with Crippen molar-refractivity contribution in [1.29, 1.82) is 0 Å². The maximum absolute atomic E-state index is 10.7. The Morgan fingerprint density at radius 1 is 1.14 bits per heavy atom. The molecule has 0 radical (unpaired) electrons. The van der Waals surface area contributed by atoms with E-state index >= 15 is 0 Å². The summed E-state index contributed by atoms with van der Waals surface area (Å²) < 4.78 is 0. The first-order chi connectivity index (χ1) is 10.0. The lowest BCUT2D eigenvalue weighted by molar-refractivity contribution is 0.0697. The van der Waals surface area contributed by atoms with Crippen LogP contribution in [0, 0.1) is 0 Å². The van der Waals surface area contributed by atoms with Crippen molar-refractivity contribution in [1.82, 2.24) is 5.01 Å². The van der Waals surface area contributed by atoms with Gasteiger partial charge in [-0.15, -0.1) is 5.11 Å². The van der Waals surface area contributed by atoms with Crippen LogP contribution in [0.1, 0.15) is 15.9 Å². The number of carboxylic acid groups (broad SMARTS) is 1. The number of rotatable bonds is 5. The Morgan fingerprint density at radius 3 is 2.33 bits per heavy atom. The first-order valence-electron chi connectivity index (χ1n) is 6.25. The van der Waals surface area contributed by atoms with Crippen molar-refractivity contribution in [2.75, 3.05) is 7.05 Å². The van der Waals surface area contributed by atoms with Crippen LogP contribution >= 0.6 is 11.6 Å². The molecule has 2 aromatic carbocycles. The minimum absolute atomic E-state index is 0.225. The summed E-state index contributed by atoms with van der Waals surface area (Å²) in [5.41, 5.74) is 1.90. The molecule has 0 aliphatic rings. The number of aromatic carboxylic acids is 1. The molecule has 0 amide bonds. The van der Waals surface area contributed by atoms with E-state index in [0.717, 1.165) is 5.56 Å². The second-order valence-corrected chi connectivity index (χ2v) is 4.92. The molecular formula is C15H14ClN3O2. The molecule has 21 heavy (non-hydrogen) atoms. The van der Waals surface area contributed by atoms with Crippen molar-refractivity contribution >= 4 is 23.3 Å². The Kier molecular flexibility index (Phi) is 4.90. The van der Waals surface area contributed by atoms with Gasteiger partial charge in [0.2, 0.25) is 0 Å². The summed E-state index contributed by atoms with van der Waals surface area (Å²) in [6, 6.07) is 13.7. The van der Waals surface area contributed by atoms with Crippen LogP contribution in [-0.4, -0.2) is 23.1 Å². The van der Waals surface area contributed by atoms with Crippen LogP contribution < -0.4 is 0 Å². The SMILES string of the molecule is CN(Cc1ccc(Cl)cc1)N=Nc1ccc(C(=O)O)cc1. The summed E-state index contributed by atoms with van der Waals surface area (Å²) in [6.07, 6.45) is 0. The molecule has 6 heteroatoms. The van der Waals surface area contributed by atoms with E-state index < -0.39 is 5.97 Å². The van der Waals surface area contributed by atoms with Crippen molar-refractivity contribution < 1.29 is 9.90 Å².